The number of amides is 2. The summed E-state index contributed by atoms with van der Waals surface area (Å²) in [6.07, 6.45) is 4.38. The van der Waals surface area contributed by atoms with Gasteiger partial charge in [0, 0.05) is 12.7 Å². The van der Waals surface area contributed by atoms with Crippen LogP contribution < -0.4 is 5.32 Å². The Morgan fingerprint density at radius 2 is 2.06 bits per heavy atom. The van der Waals surface area contributed by atoms with E-state index in [9.17, 15) is 14.4 Å². The molecule has 0 aliphatic carbocycles. The molecule has 0 aromatic carbocycles. The van der Waals surface area contributed by atoms with Crippen LogP contribution in [0, 0.1) is 5.41 Å². The quantitative estimate of drug-likeness (QED) is 0.565. The second kappa shape index (κ2) is 9.24. The highest BCUT2D eigenvalue weighted by Crippen LogP contribution is 2.26. The van der Waals surface area contributed by atoms with Gasteiger partial charge in [-0.05, 0) is 42.5 Å². The van der Waals surface area contributed by atoms with E-state index in [4.69, 9.17) is 4.74 Å². The molecule has 2 amide bonds. The molecule has 2 aromatic rings. The third-order valence-electron chi connectivity index (χ3n) is 5.23. The summed E-state index contributed by atoms with van der Waals surface area (Å²) >= 11 is 0. The van der Waals surface area contributed by atoms with Gasteiger partial charge in [-0.15, -0.1) is 0 Å². The lowest BCUT2D eigenvalue weighted by Crippen LogP contribution is -2.56. The second-order valence-electron chi connectivity index (χ2n) is 8.62. The molecule has 3 rings (SSSR count). The molecule has 0 unspecified atom stereocenters. The van der Waals surface area contributed by atoms with Crippen LogP contribution in [-0.2, 0) is 14.3 Å². The van der Waals surface area contributed by atoms with Gasteiger partial charge in [0.15, 0.2) is 0 Å². The predicted molar refractivity (Wildman–Crippen MR) is 116 cm³/mol. The van der Waals surface area contributed by atoms with Crippen molar-refractivity contribution in [1.29, 1.82) is 0 Å². The number of carbonyl (C=O) groups excluding carboxylic acids is 3. The van der Waals surface area contributed by atoms with E-state index in [1.54, 1.807) is 30.5 Å². The average Bonchev–Trinajstić information content (AvgIpc) is 3.24. The maximum absolute atomic E-state index is 13.4. The number of hydrogen-bond donors (Lipinski definition) is 1. The van der Waals surface area contributed by atoms with Crippen LogP contribution in [-0.4, -0.2) is 57.9 Å². The topological polar surface area (TPSA) is 101 Å². The third kappa shape index (κ3) is 5.07. The highest BCUT2D eigenvalue weighted by molar-refractivity contribution is 5.98. The molecule has 3 heterocycles. The Morgan fingerprint density at radius 3 is 2.77 bits per heavy atom. The maximum atomic E-state index is 13.4. The summed E-state index contributed by atoms with van der Waals surface area (Å²) in [5.74, 6) is -1.21. The highest BCUT2D eigenvalue weighted by Gasteiger charge is 2.42. The van der Waals surface area contributed by atoms with Crippen LogP contribution in [0.2, 0.25) is 0 Å². The van der Waals surface area contributed by atoms with Gasteiger partial charge in [-0.25, -0.2) is 9.78 Å². The van der Waals surface area contributed by atoms with Crippen LogP contribution in [0.1, 0.15) is 44.1 Å². The number of carbonyl (C=O) groups is 3. The number of aromatic nitrogens is 2. The van der Waals surface area contributed by atoms with Crippen molar-refractivity contribution >= 4 is 28.8 Å². The van der Waals surface area contributed by atoms with Gasteiger partial charge < -0.3 is 15.0 Å². The molecule has 1 saturated heterocycles. The number of nitrogens with zero attached hydrogens (tertiary/aromatic N) is 3. The van der Waals surface area contributed by atoms with E-state index in [-0.39, 0.29) is 18.2 Å². The summed E-state index contributed by atoms with van der Waals surface area (Å²) in [7, 11) is 0. The smallest absolute Gasteiger partial charge is 0.329 e. The molecular weight excluding hydrogens is 396 g/mol. The van der Waals surface area contributed by atoms with E-state index >= 15 is 0 Å². The van der Waals surface area contributed by atoms with Crippen LogP contribution in [0.5, 0.6) is 0 Å². The van der Waals surface area contributed by atoms with Crippen molar-refractivity contribution in [1.82, 2.24) is 20.2 Å². The molecule has 1 aliphatic rings. The molecule has 1 aliphatic heterocycles. The first-order valence-electron chi connectivity index (χ1n) is 10.3. The number of rotatable bonds is 6. The van der Waals surface area contributed by atoms with Gasteiger partial charge in [-0.2, -0.15) is 0 Å². The normalized spacial score (nSPS) is 17.3. The first-order chi connectivity index (χ1) is 14.7. The van der Waals surface area contributed by atoms with Crippen molar-refractivity contribution in [3.63, 3.8) is 0 Å². The fourth-order valence-corrected chi connectivity index (χ4v) is 3.62. The van der Waals surface area contributed by atoms with Crippen molar-refractivity contribution in [3.8, 4) is 0 Å². The van der Waals surface area contributed by atoms with Crippen LogP contribution in [0.4, 0.5) is 0 Å². The molecule has 0 spiro atoms. The lowest BCUT2D eigenvalue weighted by atomic mass is 9.85. The number of esters is 1. The van der Waals surface area contributed by atoms with Crippen LogP contribution in [0.3, 0.4) is 0 Å². The number of hydrogen-bond acceptors (Lipinski definition) is 6. The third-order valence-corrected chi connectivity index (χ3v) is 5.23. The van der Waals surface area contributed by atoms with Crippen LogP contribution in [0.15, 0.2) is 43.1 Å². The molecule has 31 heavy (non-hydrogen) atoms. The zero-order valence-electron chi connectivity index (χ0n) is 18.1. The van der Waals surface area contributed by atoms with Gasteiger partial charge >= 0.3 is 5.97 Å². The Kier molecular flexibility index (Phi) is 6.68. The number of fused-ring (bicyclic) bond motifs is 1. The van der Waals surface area contributed by atoms with Gasteiger partial charge in [-0.1, -0.05) is 33.4 Å². The SMILES string of the molecule is C=CCOC(=O)[C@H]1CCCN1C(=O)[C@H](NC(=O)c1ccc2ncccc2n1)C(C)(C)C. The summed E-state index contributed by atoms with van der Waals surface area (Å²) in [6.45, 7) is 9.68. The number of ether oxygens (including phenoxy) is 1. The Balaban J connectivity index is 1.80. The van der Waals surface area contributed by atoms with E-state index in [2.05, 4.69) is 21.9 Å². The largest absolute Gasteiger partial charge is 0.460 e. The lowest BCUT2D eigenvalue weighted by Gasteiger charge is -2.35. The number of nitrogens with one attached hydrogen (secondary N) is 1. The first-order valence-corrected chi connectivity index (χ1v) is 10.3. The maximum Gasteiger partial charge on any atom is 0.329 e. The second-order valence-corrected chi connectivity index (χ2v) is 8.62. The summed E-state index contributed by atoms with van der Waals surface area (Å²) in [4.78, 5) is 48.8. The molecule has 2 atom stereocenters. The molecule has 1 fully saturated rings. The Labute approximate surface area is 181 Å². The van der Waals surface area contributed by atoms with Gasteiger partial charge in [0.1, 0.15) is 24.4 Å². The minimum absolute atomic E-state index is 0.0965. The number of likely N-dealkylation sites (tertiary alicyclic amines) is 1. The molecule has 0 saturated carbocycles. The summed E-state index contributed by atoms with van der Waals surface area (Å²) in [5.41, 5.74) is 0.897. The monoisotopic (exact) mass is 424 g/mol. The fourth-order valence-electron chi connectivity index (χ4n) is 3.62. The van der Waals surface area contributed by atoms with E-state index in [0.29, 0.717) is 30.4 Å². The van der Waals surface area contributed by atoms with E-state index in [1.165, 1.54) is 11.0 Å². The zero-order valence-corrected chi connectivity index (χ0v) is 18.1. The summed E-state index contributed by atoms with van der Waals surface area (Å²) < 4.78 is 5.16. The van der Waals surface area contributed by atoms with Gasteiger partial charge in [0.05, 0.1) is 11.0 Å². The Hall–Kier alpha value is -3.29. The van der Waals surface area contributed by atoms with Crippen molar-refractivity contribution in [2.24, 2.45) is 5.41 Å². The minimum atomic E-state index is -0.834. The van der Waals surface area contributed by atoms with Crippen molar-refractivity contribution in [2.75, 3.05) is 13.2 Å². The fraction of sp³-hybridized carbons (Fsp3) is 0.435. The molecule has 8 heteroatoms. The molecule has 2 aromatic heterocycles. The summed E-state index contributed by atoms with van der Waals surface area (Å²) in [6, 6.07) is 5.34. The van der Waals surface area contributed by atoms with E-state index < -0.39 is 29.4 Å². The van der Waals surface area contributed by atoms with Crippen molar-refractivity contribution < 1.29 is 19.1 Å². The standard InChI is InChI=1S/C23H28N4O4/c1-5-14-31-22(30)18-9-7-13-27(18)21(29)19(23(2,3)4)26-20(28)17-11-10-15-16(25-17)8-6-12-24-15/h5-6,8,10-12,18-19H,1,7,9,13-14H2,2-4H3,(H,26,28)/t18-,19+/m1/s1. The van der Waals surface area contributed by atoms with E-state index in [0.717, 1.165) is 0 Å². The first kappa shape index (κ1) is 22.4. The zero-order chi connectivity index (χ0) is 22.6. The van der Waals surface area contributed by atoms with Gasteiger partial charge in [0.25, 0.3) is 5.91 Å². The highest BCUT2D eigenvalue weighted by atomic mass is 16.5. The molecule has 1 N–H and O–H groups in total. The molecule has 8 nitrogen and oxygen atoms in total. The molecular formula is C23H28N4O4. The van der Waals surface area contributed by atoms with Crippen LogP contribution >= 0.6 is 0 Å². The minimum Gasteiger partial charge on any atom is -0.460 e. The van der Waals surface area contributed by atoms with Gasteiger partial charge in [-0.3, -0.25) is 14.6 Å². The Morgan fingerprint density at radius 1 is 1.29 bits per heavy atom. The average molecular weight is 425 g/mol. The van der Waals surface area contributed by atoms with Gasteiger partial charge in [0.2, 0.25) is 5.91 Å². The summed E-state index contributed by atoms with van der Waals surface area (Å²) in [5, 5.41) is 2.84. The Bertz CT molecular complexity index is 998. The number of pyridine rings is 2. The van der Waals surface area contributed by atoms with Crippen molar-refractivity contribution in [2.45, 2.75) is 45.7 Å². The lowest BCUT2D eigenvalue weighted by molar-refractivity contribution is -0.153. The molecule has 0 radical (unpaired) electrons. The van der Waals surface area contributed by atoms with Crippen molar-refractivity contribution in [3.05, 3.63) is 48.8 Å². The van der Waals surface area contributed by atoms with E-state index in [1.807, 2.05) is 20.8 Å². The predicted octanol–water partition coefficient (Wildman–Crippen LogP) is 2.49. The molecule has 164 valence electrons. The molecule has 0 bridgehead atoms. The van der Waals surface area contributed by atoms with Crippen LogP contribution in [0.25, 0.3) is 11.0 Å².